The number of nitrogens with one attached hydrogen (secondary N) is 4. The summed E-state index contributed by atoms with van der Waals surface area (Å²) in [6.45, 7) is 1.03. The van der Waals surface area contributed by atoms with Gasteiger partial charge < -0.3 is 135 Å². The second-order valence-electron chi connectivity index (χ2n) is 22.9. The quantitative estimate of drug-likeness (QED) is 0.0319. The highest BCUT2D eigenvalue weighted by molar-refractivity contribution is 5.95. The molecule has 0 radical (unpaired) electrons. The number of rotatable bonds is 30. The van der Waals surface area contributed by atoms with Gasteiger partial charge in [0.05, 0.1) is 52.3 Å². The fourth-order valence-electron chi connectivity index (χ4n) is 11.6. The maximum Gasteiger partial charge on any atom is 0.256 e. The molecule has 0 aromatic heterocycles. The Balaban J connectivity index is 1.18. The normalized spacial score (nSPS) is 36.8. The molecule has 0 saturated carbocycles. The molecule has 1 aromatic rings. The van der Waals surface area contributed by atoms with Crippen molar-refractivity contribution in [2.24, 2.45) is 0 Å². The van der Waals surface area contributed by atoms with Crippen LogP contribution in [0, 0.1) is 0 Å². The third-order valence-electron chi connectivity index (χ3n) is 16.2. The molecule has 5 fully saturated rings. The van der Waals surface area contributed by atoms with E-state index in [4.69, 9.17) is 47.4 Å². The van der Waals surface area contributed by atoms with Gasteiger partial charge in [0, 0.05) is 33.3 Å². The van der Waals surface area contributed by atoms with E-state index in [2.05, 4.69) is 28.2 Å². The van der Waals surface area contributed by atoms with E-state index in [-0.39, 0.29) is 5.56 Å². The number of carbonyl (C=O) groups excluding carboxylic acids is 5. The average molecular weight is 1280 g/mol. The zero-order valence-corrected chi connectivity index (χ0v) is 50.6. The first-order chi connectivity index (χ1) is 42.5. The zero-order valence-electron chi connectivity index (χ0n) is 50.6. The number of carbonyl (C=O) groups is 5. The van der Waals surface area contributed by atoms with Gasteiger partial charge in [-0.05, 0) is 24.6 Å². The van der Waals surface area contributed by atoms with E-state index >= 15 is 0 Å². The molecule has 24 atom stereocenters. The van der Waals surface area contributed by atoms with Crippen LogP contribution in [-0.2, 0) is 61.8 Å². The van der Waals surface area contributed by atoms with Crippen molar-refractivity contribution in [3.05, 3.63) is 29.8 Å². The first-order valence-electron chi connectivity index (χ1n) is 30.3. The monoisotopic (exact) mass is 1280 g/mol. The van der Waals surface area contributed by atoms with Gasteiger partial charge in [0.15, 0.2) is 25.2 Å². The summed E-state index contributed by atoms with van der Waals surface area (Å²) in [5.41, 5.74) is 0.0975. The van der Waals surface area contributed by atoms with Gasteiger partial charge in [-0.2, -0.15) is 0 Å². The number of benzene rings is 1. The lowest BCUT2D eigenvalue weighted by Crippen LogP contribution is -2.71. The second-order valence-corrected chi connectivity index (χ2v) is 22.9. The first kappa shape index (κ1) is 73.6. The molecule has 0 spiro atoms. The van der Waals surface area contributed by atoms with Crippen LogP contribution in [0.3, 0.4) is 0 Å². The molecular weight excluding hydrogens is 1190 g/mol. The number of ether oxygens (including phenoxy) is 10. The average Bonchev–Trinajstić information content (AvgIpc) is 1.10. The zero-order chi connectivity index (χ0) is 65.2. The summed E-state index contributed by atoms with van der Waals surface area (Å²) in [7, 11) is 0. The summed E-state index contributed by atoms with van der Waals surface area (Å²) in [5.74, 6) is -3.37. The molecule has 5 aliphatic heterocycles. The molecule has 0 bridgehead atoms. The largest absolute Gasteiger partial charge is 0.494 e. The molecule has 89 heavy (non-hydrogen) atoms. The van der Waals surface area contributed by atoms with Gasteiger partial charge in [-0.3, -0.25) is 24.0 Å². The molecule has 5 amide bonds. The van der Waals surface area contributed by atoms with Crippen LogP contribution in [0.2, 0.25) is 0 Å². The number of hydrogen-bond donors (Lipinski definition) is 16. The van der Waals surface area contributed by atoms with E-state index in [1.165, 1.54) is 44.2 Å². The molecule has 508 valence electrons. The number of unbranched alkanes of at least 4 members (excludes halogenated alkanes) is 8. The first-order valence-corrected chi connectivity index (χ1v) is 30.3. The molecule has 5 aliphatic rings. The van der Waals surface area contributed by atoms with E-state index in [9.17, 15) is 85.3 Å². The predicted octanol–water partition coefficient (Wildman–Crippen LogP) is -5.66. The van der Waals surface area contributed by atoms with Gasteiger partial charge in [0.2, 0.25) is 23.6 Å². The van der Waals surface area contributed by atoms with Crippen LogP contribution in [0.15, 0.2) is 24.3 Å². The SMILES string of the molecule is CCCCCCCCCCCOc1cccc(C(=O)N2COC(CO)[C@@H](O)C(O)C2CO[C@@H]2C(CO)OC(OC3C(CO)O[C@@H](O[C@@H]4C(CO)O[C@@H](OC5C(CO)OC(O)[C@@H](NC(C)=O)[C@H]5O)C(NC(C)=O)C4O)[C@@H](NC(C)=O)[C@H]3O)C(NC(C)=O)C2O)c1. The minimum Gasteiger partial charge on any atom is -0.494 e. The smallest absolute Gasteiger partial charge is 0.256 e. The second kappa shape index (κ2) is 35.5. The summed E-state index contributed by atoms with van der Waals surface area (Å²) in [5, 5.41) is 143. The van der Waals surface area contributed by atoms with Crippen molar-refractivity contribution in [1.82, 2.24) is 26.2 Å². The van der Waals surface area contributed by atoms with Crippen molar-refractivity contribution in [3.8, 4) is 5.75 Å². The number of amides is 5. The van der Waals surface area contributed by atoms with Gasteiger partial charge in [0.1, 0.15) is 128 Å². The highest BCUT2D eigenvalue weighted by Gasteiger charge is 2.57. The predicted molar refractivity (Wildman–Crippen MR) is 302 cm³/mol. The third-order valence-corrected chi connectivity index (χ3v) is 16.2. The molecule has 1 aromatic carbocycles. The molecular formula is C57H93N5O27. The van der Waals surface area contributed by atoms with Crippen LogP contribution < -0.4 is 26.0 Å². The Bertz CT molecular complexity index is 2370. The van der Waals surface area contributed by atoms with Gasteiger partial charge in [-0.15, -0.1) is 0 Å². The van der Waals surface area contributed by atoms with E-state index in [0.29, 0.717) is 12.4 Å². The lowest BCUT2D eigenvalue weighted by molar-refractivity contribution is -0.362. The topological polar surface area (TPSA) is 472 Å². The summed E-state index contributed by atoms with van der Waals surface area (Å²) in [4.78, 5) is 65.7. The highest BCUT2D eigenvalue weighted by Crippen LogP contribution is 2.36. The lowest BCUT2D eigenvalue weighted by atomic mass is 9.93. The van der Waals surface area contributed by atoms with Gasteiger partial charge in [-0.25, -0.2) is 0 Å². The van der Waals surface area contributed by atoms with Crippen LogP contribution in [0.4, 0.5) is 0 Å². The van der Waals surface area contributed by atoms with Crippen LogP contribution in [0.5, 0.6) is 5.75 Å². The Kier molecular flexibility index (Phi) is 29.4. The van der Waals surface area contributed by atoms with Crippen molar-refractivity contribution < 1.29 is 133 Å². The highest BCUT2D eigenvalue weighted by atomic mass is 16.8. The van der Waals surface area contributed by atoms with Crippen molar-refractivity contribution in [2.75, 3.05) is 53.0 Å². The molecule has 32 heteroatoms. The van der Waals surface area contributed by atoms with Crippen molar-refractivity contribution in [2.45, 2.75) is 239 Å². The Morgan fingerprint density at radius 3 is 1.36 bits per heavy atom. The summed E-state index contributed by atoms with van der Waals surface area (Å²) in [6, 6.07) is -1.76. The molecule has 5 heterocycles. The maximum absolute atomic E-state index is 14.4. The number of hydrogen-bond acceptors (Lipinski definition) is 27. The van der Waals surface area contributed by atoms with E-state index < -0.39 is 223 Å². The molecule has 32 nitrogen and oxygen atoms in total. The fourth-order valence-corrected chi connectivity index (χ4v) is 11.6. The fraction of sp³-hybridized carbons (Fsp3) is 0.807. The van der Waals surface area contributed by atoms with E-state index in [1.807, 2.05) is 0 Å². The number of aliphatic hydroxyl groups is 12. The number of nitrogens with zero attached hydrogens (tertiary/aromatic N) is 1. The van der Waals surface area contributed by atoms with Gasteiger partial charge in [-0.1, -0.05) is 64.4 Å². The summed E-state index contributed by atoms with van der Waals surface area (Å²) < 4.78 is 59.8. The van der Waals surface area contributed by atoms with Crippen LogP contribution in [-0.4, -0.2) is 296 Å². The maximum atomic E-state index is 14.4. The van der Waals surface area contributed by atoms with Crippen LogP contribution in [0.25, 0.3) is 0 Å². The standard InChI is InChI=1S/C57H93N5O27/c1-6-7-8-9-10-11-12-13-14-18-80-32-17-15-16-31(19-32)53(78)62-26-82-34(20-63)44(73)43(72)33(62)25-81-49-35(21-64)84-55(40(46(49)75)59-28(3)69)88-51-37(23-66)86-57(42(48(51)77)61-30(5)71)89-52-38(24-67)85-56(41(47(52)76)60-29(4)70)87-50-36(22-65)83-54(79)39(45(50)74)58-27(2)68/h15-17,19,33-52,54-57,63-67,72-77,79H,6-14,18,20-26H2,1-5H3,(H,58,68)(H,59,69)(H,60,70)(H,61,71)/t33?,34?,35?,36?,37?,38?,39-,40?,41?,42-,43?,44+,45+,46?,47?,48+,49+,50?,51?,52+,54?,55?,56-,57-/m0/s1. The minimum absolute atomic E-state index is 0.0975. The van der Waals surface area contributed by atoms with Gasteiger partial charge >= 0.3 is 0 Å². The Hall–Kier alpha value is -4.47. The summed E-state index contributed by atoms with van der Waals surface area (Å²) >= 11 is 0. The van der Waals surface area contributed by atoms with Gasteiger partial charge in [0.25, 0.3) is 5.91 Å². The van der Waals surface area contributed by atoms with Crippen LogP contribution in [0.1, 0.15) is 103 Å². The third kappa shape index (κ3) is 19.3. The minimum atomic E-state index is -2.01. The Labute approximate surface area is 514 Å². The molecule has 6 rings (SSSR count). The van der Waals surface area contributed by atoms with E-state index in [1.54, 1.807) is 12.1 Å². The Morgan fingerprint density at radius 1 is 0.506 bits per heavy atom. The molecule has 5 saturated heterocycles. The van der Waals surface area contributed by atoms with Crippen molar-refractivity contribution >= 4 is 29.5 Å². The van der Waals surface area contributed by atoms with Crippen molar-refractivity contribution in [3.63, 3.8) is 0 Å². The lowest BCUT2D eigenvalue weighted by Gasteiger charge is -2.51. The number of aliphatic hydroxyl groups excluding tert-OH is 12. The molecule has 16 N–H and O–H groups in total. The van der Waals surface area contributed by atoms with Crippen LogP contribution >= 0.6 is 0 Å². The molecule has 0 aliphatic carbocycles. The van der Waals surface area contributed by atoms with Crippen molar-refractivity contribution in [1.29, 1.82) is 0 Å². The molecule has 15 unspecified atom stereocenters. The summed E-state index contributed by atoms with van der Waals surface area (Å²) in [6.07, 6.45) is -23.3. The Morgan fingerprint density at radius 2 is 0.910 bits per heavy atom. The van der Waals surface area contributed by atoms with E-state index in [0.717, 1.165) is 58.3 Å².